The van der Waals surface area contributed by atoms with E-state index in [1.165, 1.54) is 0 Å². The second-order valence-corrected chi connectivity index (χ2v) is 6.45. The van der Waals surface area contributed by atoms with E-state index in [0.29, 0.717) is 22.5 Å². The van der Waals surface area contributed by atoms with Gasteiger partial charge in [-0.05, 0) is 29.8 Å². The quantitative estimate of drug-likeness (QED) is 0.463. The number of hydrogen-bond donors (Lipinski definition) is 1. The normalized spacial score (nSPS) is 12.6. The molecule has 3 aromatic rings. The van der Waals surface area contributed by atoms with Gasteiger partial charge in [-0.1, -0.05) is 23.7 Å². The molecule has 1 heterocycles. The van der Waals surface area contributed by atoms with E-state index < -0.39 is 28.4 Å². The fourth-order valence-electron chi connectivity index (χ4n) is 2.74. The maximum absolute atomic E-state index is 12.9. The summed E-state index contributed by atoms with van der Waals surface area (Å²) in [6.07, 6.45) is -1.43. The summed E-state index contributed by atoms with van der Waals surface area (Å²) in [6.45, 7) is 0. The highest BCUT2D eigenvalue weighted by atomic mass is 35.5. The SMILES string of the molecule is Cn1ccnc1[C@@H](Nc1ccc(C(F)(F)F)cc1[N+](=O)[O-])c1ccc(Cl)cc1. The van der Waals surface area contributed by atoms with Gasteiger partial charge in [0.2, 0.25) is 0 Å². The highest BCUT2D eigenvalue weighted by molar-refractivity contribution is 6.30. The zero-order chi connectivity index (χ0) is 20.5. The van der Waals surface area contributed by atoms with Gasteiger partial charge in [0.25, 0.3) is 5.69 Å². The highest BCUT2D eigenvalue weighted by Crippen LogP contribution is 2.37. The van der Waals surface area contributed by atoms with E-state index in [2.05, 4.69) is 10.3 Å². The van der Waals surface area contributed by atoms with E-state index in [-0.39, 0.29) is 5.69 Å². The van der Waals surface area contributed by atoms with Gasteiger partial charge in [-0.3, -0.25) is 10.1 Å². The summed E-state index contributed by atoms with van der Waals surface area (Å²) in [5.74, 6) is 0.525. The van der Waals surface area contributed by atoms with E-state index in [1.807, 2.05) is 0 Å². The molecule has 0 aliphatic heterocycles. The number of alkyl halides is 3. The lowest BCUT2D eigenvalue weighted by Crippen LogP contribution is -2.18. The van der Waals surface area contributed by atoms with Crippen LogP contribution in [0.25, 0.3) is 0 Å². The van der Waals surface area contributed by atoms with Crippen LogP contribution in [0.2, 0.25) is 5.02 Å². The fourth-order valence-corrected chi connectivity index (χ4v) is 2.87. The Morgan fingerprint density at radius 1 is 1.21 bits per heavy atom. The Morgan fingerprint density at radius 3 is 2.43 bits per heavy atom. The molecule has 1 atom stereocenters. The average Bonchev–Trinajstić information content (AvgIpc) is 3.05. The van der Waals surface area contributed by atoms with Crippen LogP contribution in [-0.4, -0.2) is 14.5 Å². The van der Waals surface area contributed by atoms with Crippen molar-refractivity contribution in [1.82, 2.24) is 9.55 Å². The number of rotatable bonds is 5. The van der Waals surface area contributed by atoms with Crippen LogP contribution < -0.4 is 5.32 Å². The molecule has 0 spiro atoms. The molecular formula is C18H14ClF3N4O2. The van der Waals surface area contributed by atoms with Gasteiger partial charge in [0.15, 0.2) is 0 Å². The van der Waals surface area contributed by atoms with Gasteiger partial charge in [-0.25, -0.2) is 4.98 Å². The standard InChI is InChI=1S/C18H14ClF3N4O2/c1-25-9-8-23-17(25)16(11-2-5-13(19)6-3-11)24-14-7-4-12(18(20,21)22)10-15(14)26(27)28/h2-10,16,24H,1H3/t16-/m0/s1. The van der Waals surface area contributed by atoms with Crippen molar-refractivity contribution >= 4 is 23.0 Å². The maximum atomic E-state index is 12.9. The second kappa shape index (κ2) is 7.51. The van der Waals surface area contributed by atoms with E-state index in [4.69, 9.17) is 11.6 Å². The van der Waals surface area contributed by atoms with E-state index in [9.17, 15) is 23.3 Å². The van der Waals surface area contributed by atoms with Crippen molar-refractivity contribution in [3.8, 4) is 0 Å². The second-order valence-electron chi connectivity index (χ2n) is 6.01. The van der Waals surface area contributed by atoms with Crippen molar-refractivity contribution in [2.24, 2.45) is 7.05 Å². The molecule has 0 aliphatic carbocycles. The highest BCUT2D eigenvalue weighted by Gasteiger charge is 2.33. The van der Waals surface area contributed by atoms with E-state index >= 15 is 0 Å². The molecule has 1 N–H and O–H groups in total. The summed E-state index contributed by atoms with van der Waals surface area (Å²) in [7, 11) is 1.74. The fraction of sp³-hybridized carbons (Fsp3) is 0.167. The van der Waals surface area contributed by atoms with Crippen LogP contribution in [-0.2, 0) is 13.2 Å². The van der Waals surface area contributed by atoms with Crippen molar-refractivity contribution in [2.75, 3.05) is 5.32 Å². The van der Waals surface area contributed by atoms with Gasteiger partial charge in [-0.2, -0.15) is 13.2 Å². The smallest absolute Gasteiger partial charge is 0.366 e. The third-order valence-corrected chi connectivity index (χ3v) is 4.39. The van der Waals surface area contributed by atoms with Crippen LogP contribution in [0.3, 0.4) is 0 Å². The number of halogens is 4. The van der Waals surface area contributed by atoms with Gasteiger partial charge >= 0.3 is 6.18 Å². The monoisotopic (exact) mass is 410 g/mol. The number of benzene rings is 2. The van der Waals surface area contributed by atoms with Crippen molar-refractivity contribution in [1.29, 1.82) is 0 Å². The molecule has 1 aromatic heterocycles. The molecule has 3 rings (SSSR count). The van der Waals surface area contributed by atoms with Gasteiger partial charge in [-0.15, -0.1) is 0 Å². The number of nitrogens with zero attached hydrogens (tertiary/aromatic N) is 3. The predicted octanol–water partition coefficient (Wildman–Crippen LogP) is 5.20. The van der Waals surface area contributed by atoms with Gasteiger partial charge < -0.3 is 9.88 Å². The minimum absolute atomic E-state index is 0.0547. The Bertz CT molecular complexity index is 1000. The number of aryl methyl sites for hydroxylation is 1. The summed E-state index contributed by atoms with van der Waals surface area (Å²) in [5.41, 5.74) is -1.14. The first-order chi connectivity index (χ1) is 13.2. The summed E-state index contributed by atoms with van der Waals surface area (Å²) in [5, 5.41) is 14.8. The summed E-state index contributed by atoms with van der Waals surface area (Å²) in [6, 6.07) is 8.44. The lowest BCUT2D eigenvalue weighted by Gasteiger charge is -2.21. The van der Waals surface area contributed by atoms with Crippen molar-refractivity contribution in [3.05, 3.63) is 86.9 Å². The van der Waals surface area contributed by atoms with Gasteiger partial charge in [0, 0.05) is 30.5 Å². The average molecular weight is 411 g/mol. The zero-order valence-electron chi connectivity index (χ0n) is 14.4. The first-order valence-corrected chi connectivity index (χ1v) is 8.39. The summed E-state index contributed by atoms with van der Waals surface area (Å²) in [4.78, 5) is 14.8. The molecular weight excluding hydrogens is 397 g/mol. The van der Waals surface area contributed by atoms with Crippen LogP contribution in [0.15, 0.2) is 54.9 Å². The lowest BCUT2D eigenvalue weighted by molar-refractivity contribution is -0.384. The van der Waals surface area contributed by atoms with Crippen molar-refractivity contribution in [3.63, 3.8) is 0 Å². The van der Waals surface area contributed by atoms with Crippen LogP contribution in [0.5, 0.6) is 0 Å². The predicted molar refractivity (Wildman–Crippen MR) is 98.2 cm³/mol. The third kappa shape index (κ3) is 4.09. The van der Waals surface area contributed by atoms with Gasteiger partial charge in [0.05, 0.1) is 10.5 Å². The Kier molecular flexibility index (Phi) is 5.28. The molecule has 0 aliphatic rings. The van der Waals surface area contributed by atoms with Gasteiger partial charge in [0.1, 0.15) is 17.6 Å². The molecule has 0 saturated carbocycles. The molecule has 0 bridgehead atoms. The maximum Gasteiger partial charge on any atom is 0.416 e. The largest absolute Gasteiger partial charge is 0.416 e. The number of nitro benzene ring substituents is 1. The van der Waals surface area contributed by atoms with Crippen LogP contribution in [0, 0.1) is 10.1 Å². The molecule has 0 radical (unpaired) electrons. The Morgan fingerprint density at radius 2 is 1.89 bits per heavy atom. The molecule has 0 unspecified atom stereocenters. The van der Waals surface area contributed by atoms with Crippen LogP contribution in [0.4, 0.5) is 24.5 Å². The minimum Gasteiger partial charge on any atom is -0.366 e. The van der Waals surface area contributed by atoms with E-state index in [1.54, 1.807) is 48.3 Å². The molecule has 2 aromatic carbocycles. The first-order valence-electron chi connectivity index (χ1n) is 8.01. The zero-order valence-corrected chi connectivity index (χ0v) is 15.2. The van der Waals surface area contributed by atoms with Crippen molar-refractivity contribution in [2.45, 2.75) is 12.2 Å². The summed E-state index contributed by atoms with van der Waals surface area (Å²) < 4.78 is 40.5. The molecule has 146 valence electrons. The first kappa shape index (κ1) is 19.7. The number of imidazole rings is 1. The molecule has 10 heteroatoms. The minimum atomic E-state index is -4.68. The lowest BCUT2D eigenvalue weighted by atomic mass is 10.0. The molecule has 0 fully saturated rings. The number of nitro groups is 1. The topological polar surface area (TPSA) is 73.0 Å². The number of aromatic nitrogens is 2. The summed E-state index contributed by atoms with van der Waals surface area (Å²) >= 11 is 5.92. The Labute approximate surface area is 162 Å². The molecule has 28 heavy (non-hydrogen) atoms. The van der Waals surface area contributed by atoms with Crippen LogP contribution in [0.1, 0.15) is 23.0 Å². The number of nitrogens with one attached hydrogen (secondary N) is 1. The van der Waals surface area contributed by atoms with E-state index in [0.717, 1.165) is 12.1 Å². The Balaban J connectivity index is 2.07. The number of hydrogen-bond acceptors (Lipinski definition) is 4. The molecule has 0 saturated heterocycles. The number of anilines is 1. The Hall–Kier alpha value is -3.07. The molecule has 0 amide bonds. The third-order valence-electron chi connectivity index (χ3n) is 4.14. The van der Waals surface area contributed by atoms with Crippen molar-refractivity contribution < 1.29 is 18.1 Å². The van der Waals surface area contributed by atoms with Crippen LogP contribution >= 0.6 is 11.6 Å². The molecule has 6 nitrogen and oxygen atoms in total.